The van der Waals surface area contributed by atoms with Gasteiger partial charge in [-0.2, -0.15) is 0 Å². The number of hydrogen-bond acceptors (Lipinski definition) is 3. The smallest absolute Gasteiger partial charge is 0.115 e. The van der Waals surface area contributed by atoms with Crippen LogP contribution in [0.2, 0.25) is 0 Å². The van der Waals surface area contributed by atoms with Crippen LogP contribution in [0.15, 0.2) is 12.3 Å². The number of aliphatic hydroxyl groups is 2. The number of rotatable bonds is 10. The highest BCUT2D eigenvalue weighted by molar-refractivity contribution is 5.13. The second-order valence-corrected chi connectivity index (χ2v) is 4.91. The number of aliphatic hydroxyl groups excluding tert-OH is 2. The van der Waals surface area contributed by atoms with Gasteiger partial charge in [0.15, 0.2) is 0 Å². The summed E-state index contributed by atoms with van der Waals surface area (Å²) in [6.07, 6.45) is 9.49. The van der Waals surface area contributed by atoms with E-state index in [1.807, 2.05) is 0 Å². The van der Waals surface area contributed by atoms with Crippen molar-refractivity contribution in [3.8, 4) is 11.8 Å². The van der Waals surface area contributed by atoms with E-state index in [1.54, 1.807) is 6.08 Å². The van der Waals surface area contributed by atoms with Crippen LogP contribution in [0.3, 0.4) is 0 Å². The first kappa shape index (κ1) is 18.0. The van der Waals surface area contributed by atoms with Crippen LogP contribution in [-0.4, -0.2) is 29.5 Å². The van der Waals surface area contributed by atoms with Gasteiger partial charge in [0.25, 0.3) is 0 Å². The molecule has 1 unspecified atom stereocenters. The van der Waals surface area contributed by atoms with Crippen molar-refractivity contribution in [1.29, 1.82) is 0 Å². The quantitative estimate of drug-likeness (QED) is 0.364. The van der Waals surface area contributed by atoms with Crippen LogP contribution in [0, 0.1) is 17.8 Å². The molecule has 0 amide bonds. The molecular formula is C16H28O3. The molecule has 0 aliphatic rings. The van der Waals surface area contributed by atoms with Gasteiger partial charge in [-0.3, -0.25) is 0 Å². The third-order valence-electron chi connectivity index (χ3n) is 3.04. The van der Waals surface area contributed by atoms with E-state index >= 15 is 0 Å². The van der Waals surface area contributed by atoms with Gasteiger partial charge in [-0.25, -0.2) is 0 Å². The first-order valence-electron chi connectivity index (χ1n) is 7.24. The summed E-state index contributed by atoms with van der Waals surface area (Å²) >= 11 is 0. The lowest BCUT2D eigenvalue weighted by atomic mass is 10.0. The van der Waals surface area contributed by atoms with Gasteiger partial charge in [-0.15, -0.1) is 0 Å². The zero-order chi connectivity index (χ0) is 14.3. The van der Waals surface area contributed by atoms with E-state index in [4.69, 9.17) is 14.9 Å². The zero-order valence-corrected chi connectivity index (χ0v) is 12.3. The maximum absolute atomic E-state index is 8.99. The molecule has 0 fully saturated rings. The first-order valence-corrected chi connectivity index (χ1v) is 7.24. The third kappa shape index (κ3) is 13.3. The van der Waals surface area contributed by atoms with Gasteiger partial charge in [0, 0.05) is 12.5 Å². The highest BCUT2D eigenvalue weighted by Crippen LogP contribution is 2.12. The molecule has 0 saturated heterocycles. The van der Waals surface area contributed by atoms with Crippen LogP contribution < -0.4 is 0 Å². The maximum Gasteiger partial charge on any atom is 0.115 e. The Hall–Kier alpha value is -0.980. The van der Waals surface area contributed by atoms with Gasteiger partial charge >= 0.3 is 0 Å². The van der Waals surface area contributed by atoms with Crippen molar-refractivity contribution < 1.29 is 14.9 Å². The molecule has 3 heteroatoms. The standard InChI is InChI=1S/C16H28O3/c1-3-15(2)11-9-7-5-4-6-8-10-12-19-14-16(18)13-17/h10,12,15-18H,3-5,7,9,11,13-14H2,1-2H3/t15?,16-/m0/s1. The SMILES string of the molecule is CCC(C)CCCCCC#CC=COC[C@@H](O)CO. The Kier molecular flexibility index (Phi) is 12.8. The second-order valence-electron chi connectivity index (χ2n) is 4.91. The molecule has 0 aliphatic heterocycles. The molecule has 0 aromatic carbocycles. The zero-order valence-electron chi connectivity index (χ0n) is 12.3. The van der Waals surface area contributed by atoms with Crippen LogP contribution in [0.25, 0.3) is 0 Å². The van der Waals surface area contributed by atoms with Crippen molar-refractivity contribution in [3.63, 3.8) is 0 Å². The molecule has 0 saturated carbocycles. The number of ether oxygens (including phenoxy) is 1. The van der Waals surface area contributed by atoms with Gasteiger partial charge < -0.3 is 14.9 Å². The van der Waals surface area contributed by atoms with Crippen molar-refractivity contribution in [2.45, 2.75) is 58.5 Å². The van der Waals surface area contributed by atoms with Crippen molar-refractivity contribution in [2.24, 2.45) is 5.92 Å². The predicted molar refractivity (Wildman–Crippen MR) is 78.5 cm³/mol. The second kappa shape index (κ2) is 13.5. The Morgan fingerprint density at radius 1 is 1.26 bits per heavy atom. The summed E-state index contributed by atoms with van der Waals surface area (Å²) in [4.78, 5) is 0. The lowest BCUT2D eigenvalue weighted by Crippen LogP contribution is -2.17. The molecule has 0 radical (unpaired) electrons. The Bertz CT molecular complexity index is 275. The largest absolute Gasteiger partial charge is 0.498 e. The van der Waals surface area contributed by atoms with E-state index < -0.39 is 6.10 Å². The average molecular weight is 268 g/mol. The lowest BCUT2D eigenvalue weighted by Gasteiger charge is -2.06. The van der Waals surface area contributed by atoms with Crippen LogP contribution in [0.1, 0.15) is 52.4 Å². The number of allylic oxidation sites excluding steroid dienone is 1. The number of unbranched alkanes of at least 4 members (excludes halogenated alkanes) is 3. The minimum absolute atomic E-state index is 0.101. The highest BCUT2D eigenvalue weighted by Gasteiger charge is 1.98. The van der Waals surface area contributed by atoms with Crippen LogP contribution in [0.5, 0.6) is 0 Å². The van der Waals surface area contributed by atoms with E-state index in [0.717, 1.165) is 18.8 Å². The Balaban J connectivity index is 3.37. The van der Waals surface area contributed by atoms with Crippen molar-refractivity contribution in [2.75, 3.05) is 13.2 Å². The Morgan fingerprint density at radius 3 is 2.74 bits per heavy atom. The molecule has 0 spiro atoms. The molecule has 110 valence electrons. The summed E-state index contributed by atoms with van der Waals surface area (Å²) in [6, 6.07) is 0. The van der Waals surface area contributed by atoms with Crippen LogP contribution in [-0.2, 0) is 4.74 Å². The fourth-order valence-electron chi connectivity index (χ4n) is 1.52. The Morgan fingerprint density at radius 2 is 2.05 bits per heavy atom. The summed E-state index contributed by atoms with van der Waals surface area (Å²) in [5.74, 6) is 6.80. The van der Waals surface area contributed by atoms with Crippen molar-refractivity contribution in [3.05, 3.63) is 12.3 Å². The summed E-state index contributed by atoms with van der Waals surface area (Å²) in [6.45, 7) is 4.36. The first-order chi connectivity index (χ1) is 9.20. The van der Waals surface area contributed by atoms with E-state index in [9.17, 15) is 0 Å². The molecule has 0 rings (SSSR count). The molecular weight excluding hydrogens is 240 g/mol. The molecule has 2 N–H and O–H groups in total. The van der Waals surface area contributed by atoms with Gasteiger partial charge in [-0.1, -0.05) is 51.4 Å². The topological polar surface area (TPSA) is 49.7 Å². The fourth-order valence-corrected chi connectivity index (χ4v) is 1.52. The van der Waals surface area contributed by atoms with Gasteiger partial charge in [0.1, 0.15) is 12.7 Å². The minimum atomic E-state index is -0.817. The molecule has 19 heavy (non-hydrogen) atoms. The molecule has 0 bridgehead atoms. The van der Waals surface area contributed by atoms with Gasteiger partial charge in [0.2, 0.25) is 0 Å². The monoisotopic (exact) mass is 268 g/mol. The van der Waals surface area contributed by atoms with Crippen LogP contribution >= 0.6 is 0 Å². The van der Waals surface area contributed by atoms with Crippen molar-refractivity contribution in [1.82, 2.24) is 0 Å². The molecule has 0 heterocycles. The van der Waals surface area contributed by atoms with Crippen molar-refractivity contribution >= 4 is 0 Å². The summed E-state index contributed by atoms with van der Waals surface area (Å²) in [7, 11) is 0. The van der Waals surface area contributed by atoms with E-state index in [1.165, 1.54) is 31.9 Å². The summed E-state index contributed by atoms with van der Waals surface area (Å²) in [5, 5.41) is 17.5. The average Bonchev–Trinajstić information content (AvgIpc) is 2.43. The number of hydrogen-bond donors (Lipinski definition) is 2. The van der Waals surface area contributed by atoms with E-state index in [0.29, 0.717) is 0 Å². The molecule has 0 aromatic rings. The Labute approximate surface area is 117 Å². The van der Waals surface area contributed by atoms with Crippen LogP contribution in [0.4, 0.5) is 0 Å². The van der Waals surface area contributed by atoms with E-state index in [2.05, 4.69) is 25.7 Å². The van der Waals surface area contributed by atoms with E-state index in [-0.39, 0.29) is 13.2 Å². The summed E-state index contributed by atoms with van der Waals surface area (Å²) < 4.78 is 4.98. The summed E-state index contributed by atoms with van der Waals surface area (Å²) in [5.41, 5.74) is 0. The molecule has 0 aromatic heterocycles. The van der Waals surface area contributed by atoms with Gasteiger partial charge in [0.05, 0.1) is 12.9 Å². The predicted octanol–water partition coefficient (Wildman–Crippen LogP) is 2.87. The lowest BCUT2D eigenvalue weighted by molar-refractivity contribution is 0.0385. The normalized spacial score (nSPS) is 13.9. The van der Waals surface area contributed by atoms with Gasteiger partial charge in [-0.05, 0) is 12.3 Å². The minimum Gasteiger partial charge on any atom is -0.498 e. The molecule has 2 atom stereocenters. The third-order valence-corrected chi connectivity index (χ3v) is 3.04. The molecule has 3 nitrogen and oxygen atoms in total. The highest BCUT2D eigenvalue weighted by atomic mass is 16.5. The maximum atomic E-state index is 8.99. The molecule has 0 aliphatic carbocycles. The fraction of sp³-hybridized carbons (Fsp3) is 0.750.